The Balaban J connectivity index is 2.22. The van der Waals surface area contributed by atoms with E-state index >= 15 is 0 Å². The molecule has 1 N–H and O–H groups in total. The Morgan fingerprint density at radius 3 is 2.38 bits per heavy atom. The first-order valence-corrected chi connectivity index (χ1v) is 6.93. The van der Waals surface area contributed by atoms with Crippen LogP contribution in [0.2, 0.25) is 5.02 Å². The molecular weight excluding hydrogens is 288 g/mol. The summed E-state index contributed by atoms with van der Waals surface area (Å²) in [5, 5.41) is 9.90. The van der Waals surface area contributed by atoms with Gasteiger partial charge in [0.15, 0.2) is 5.78 Å². The van der Waals surface area contributed by atoms with Gasteiger partial charge in [0.05, 0.1) is 5.92 Å². The standard InChI is InChI=1S/C17H15ClO3/c1-11-3-2-4-13(9-11)16(19)10-15(17(20)21)12-5-7-14(18)8-6-12/h2-9,15H,10H2,1H3,(H,20,21)/t15-/m1/s1. The van der Waals surface area contributed by atoms with Crippen LogP contribution >= 0.6 is 11.6 Å². The SMILES string of the molecule is Cc1cccc(C(=O)C[C@@H](C(=O)O)c2ccc(Cl)cc2)c1. The molecule has 0 radical (unpaired) electrons. The van der Waals surface area contributed by atoms with E-state index in [0.29, 0.717) is 16.1 Å². The predicted molar refractivity (Wildman–Crippen MR) is 82.0 cm³/mol. The predicted octanol–water partition coefficient (Wildman–Crippen LogP) is 4.09. The number of rotatable bonds is 5. The van der Waals surface area contributed by atoms with Crippen molar-refractivity contribution in [2.75, 3.05) is 0 Å². The highest BCUT2D eigenvalue weighted by Gasteiger charge is 2.23. The summed E-state index contributed by atoms with van der Waals surface area (Å²) in [7, 11) is 0. The third-order valence-electron chi connectivity index (χ3n) is 3.30. The van der Waals surface area contributed by atoms with Crippen LogP contribution in [0, 0.1) is 6.92 Å². The Morgan fingerprint density at radius 1 is 1.14 bits per heavy atom. The molecule has 0 aliphatic carbocycles. The average molecular weight is 303 g/mol. The van der Waals surface area contributed by atoms with E-state index in [2.05, 4.69) is 0 Å². The first kappa shape index (κ1) is 15.3. The number of aryl methyl sites for hydroxylation is 1. The molecule has 0 aliphatic rings. The van der Waals surface area contributed by atoms with E-state index in [-0.39, 0.29) is 12.2 Å². The Bertz CT molecular complexity index is 662. The number of halogens is 1. The molecule has 0 amide bonds. The van der Waals surface area contributed by atoms with Crippen LogP contribution < -0.4 is 0 Å². The minimum absolute atomic E-state index is 0.0690. The van der Waals surface area contributed by atoms with E-state index < -0.39 is 11.9 Å². The molecular formula is C17H15ClO3. The first-order valence-electron chi connectivity index (χ1n) is 6.55. The lowest BCUT2D eigenvalue weighted by Crippen LogP contribution is -2.16. The van der Waals surface area contributed by atoms with Crippen LogP contribution in [0.3, 0.4) is 0 Å². The minimum Gasteiger partial charge on any atom is -0.481 e. The van der Waals surface area contributed by atoms with E-state index in [1.165, 1.54) is 0 Å². The Morgan fingerprint density at radius 2 is 1.81 bits per heavy atom. The summed E-state index contributed by atoms with van der Waals surface area (Å²) < 4.78 is 0. The lowest BCUT2D eigenvalue weighted by molar-refractivity contribution is -0.138. The monoisotopic (exact) mass is 302 g/mol. The second kappa shape index (κ2) is 6.55. The Hall–Kier alpha value is -2.13. The molecule has 108 valence electrons. The van der Waals surface area contributed by atoms with Crippen LogP contribution in [0.15, 0.2) is 48.5 Å². The zero-order valence-electron chi connectivity index (χ0n) is 11.5. The van der Waals surface area contributed by atoms with Gasteiger partial charge in [-0.2, -0.15) is 0 Å². The number of Topliss-reactive ketones (excluding diaryl/α,β-unsaturated/α-hetero) is 1. The number of carboxylic acid groups (broad SMARTS) is 1. The van der Waals surface area contributed by atoms with Crippen molar-refractivity contribution in [1.82, 2.24) is 0 Å². The topological polar surface area (TPSA) is 54.4 Å². The van der Waals surface area contributed by atoms with Crippen LogP contribution in [-0.2, 0) is 4.79 Å². The van der Waals surface area contributed by atoms with Gasteiger partial charge in [0.1, 0.15) is 0 Å². The first-order chi connectivity index (χ1) is 9.97. The molecule has 0 spiro atoms. The maximum absolute atomic E-state index is 12.3. The van der Waals surface area contributed by atoms with Crippen molar-refractivity contribution >= 4 is 23.4 Å². The number of carbonyl (C=O) groups is 2. The van der Waals surface area contributed by atoms with Crippen LogP contribution in [0.4, 0.5) is 0 Å². The van der Waals surface area contributed by atoms with Crippen molar-refractivity contribution in [3.05, 3.63) is 70.2 Å². The van der Waals surface area contributed by atoms with Gasteiger partial charge < -0.3 is 5.11 Å². The van der Waals surface area contributed by atoms with Crippen molar-refractivity contribution < 1.29 is 14.7 Å². The summed E-state index contributed by atoms with van der Waals surface area (Å²) >= 11 is 5.80. The van der Waals surface area contributed by atoms with E-state index in [0.717, 1.165) is 5.56 Å². The number of ketones is 1. The van der Waals surface area contributed by atoms with E-state index in [4.69, 9.17) is 11.6 Å². The van der Waals surface area contributed by atoms with Crippen molar-refractivity contribution in [3.8, 4) is 0 Å². The molecule has 0 aromatic heterocycles. The highest BCUT2D eigenvalue weighted by atomic mass is 35.5. The average Bonchev–Trinajstić information content (AvgIpc) is 2.45. The lowest BCUT2D eigenvalue weighted by atomic mass is 9.91. The van der Waals surface area contributed by atoms with Crippen LogP contribution in [0.5, 0.6) is 0 Å². The number of hydrogen-bond donors (Lipinski definition) is 1. The third-order valence-corrected chi connectivity index (χ3v) is 3.55. The summed E-state index contributed by atoms with van der Waals surface area (Å²) in [6.07, 6.45) is -0.0690. The molecule has 21 heavy (non-hydrogen) atoms. The summed E-state index contributed by atoms with van der Waals surface area (Å²) in [5.74, 6) is -2.06. The smallest absolute Gasteiger partial charge is 0.311 e. The molecule has 2 rings (SSSR count). The van der Waals surface area contributed by atoms with Gasteiger partial charge in [0, 0.05) is 17.0 Å². The van der Waals surface area contributed by atoms with Crippen LogP contribution in [0.25, 0.3) is 0 Å². The summed E-state index contributed by atoms with van der Waals surface area (Å²) in [4.78, 5) is 23.7. The van der Waals surface area contributed by atoms with Gasteiger partial charge in [-0.3, -0.25) is 9.59 Å². The van der Waals surface area contributed by atoms with Gasteiger partial charge in [0.25, 0.3) is 0 Å². The molecule has 0 bridgehead atoms. The highest BCUT2D eigenvalue weighted by Crippen LogP contribution is 2.24. The molecule has 0 fully saturated rings. The number of hydrogen-bond acceptors (Lipinski definition) is 2. The molecule has 0 aliphatic heterocycles. The zero-order chi connectivity index (χ0) is 15.4. The second-order valence-electron chi connectivity index (χ2n) is 4.94. The zero-order valence-corrected chi connectivity index (χ0v) is 12.3. The van der Waals surface area contributed by atoms with Gasteiger partial charge in [-0.1, -0.05) is 47.5 Å². The maximum atomic E-state index is 12.3. The van der Waals surface area contributed by atoms with Crippen LogP contribution in [0.1, 0.15) is 33.8 Å². The van der Waals surface area contributed by atoms with Crippen LogP contribution in [-0.4, -0.2) is 16.9 Å². The summed E-state index contributed by atoms with van der Waals surface area (Å²) in [6, 6.07) is 13.7. The van der Waals surface area contributed by atoms with Crippen molar-refractivity contribution in [2.45, 2.75) is 19.3 Å². The molecule has 4 heteroatoms. The molecule has 0 saturated heterocycles. The number of aliphatic carboxylic acids is 1. The van der Waals surface area contributed by atoms with Gasteiger partial charge in [-0.25, -0.2) is 0 Å². The minimum atomic E-state index is -1.02. The van der Waals surface area contributed by atoms with Gasteiger partial charge in [-0.15, -0.1) is 0 Å². The number of carbonyl (C=O) groups excluding carboxylic acids is 1. The third kappa shape index (κ3) is 3.92. The molecule has 0 saturated carbocycles. The largest absolute Gasteiger partial charge is 0.481 e. The molecule has 3 nitrogen and oxygen atoms in total. The summed E-state index contributed by atoms with van der Waals surface area (Å²) in [5.41, 5.74) is 2.09. The van der Waals surface area contributed by atoms with Crippen molar-refractivity contribution in [1.29, 1.82) is 0 Å². The fourth-order valence-corrected chi connectivity index (χ4v) is 2.29. The van der Waals surface area contributed by atoms with E-state index in [1.54, 1.807) is 42.5 Å². The maximum Gasteiger partial charge on any atom is 0.311 e. The van der Waals surface area contributed by atoms with Gasteiger partial charge in [0.2, 0.25) is 0 Å². The normalized spacial score (nSPS) is 11.9. The number of carboxylic acids is 1. The molecule has 0 heterocycles. The number of benzene rings is 2. The van der Waals surface area contributed by atoms with E-state index in [9.17, 15) is 14.7 Å². The fraction of sp³-hybridized carbons (Fsp3) is 0.176. The lowest BCUT2D eigenvalue weighted by Gasteiger charge is -2.12. The Kier molecular flexibility index (Phi) is 4.76. The Labute approximate surface area is 128 Å². The van der Waals surface area contributed by atoms with Gasteiger partial charge >= 0.3 is 5.97 Å². The van der Waals surface area contributed by atoms with Gasteiger partial charge in [-0.05, 0) is 30.7 Å². The highest BCUT2D eigenvalue weighted by molar-refractivity contribution is 6.30. The molecule has 1 atom stereocenters. The van der Waals surface area contributed by atoms with Crippen molar-refractivity contribution in [3.63, 3.8) is 0 Å². The quantitative estimate of drug-likeness (QED) is 0.846. The summed E-state index contributed by atoms with van der Waals surface area (Å²) in [6.45, 7) is 1.89. The van der Waals surface area contributed by atoms with Crippen molar-refractivity contribution in [2.24, 2.45) is 0 Å². The second-order valence-corrected chi connectivity index (χ2v) is 5.38. The van der Waals surface area contributed by atoms with E-state index in [1.807, 2.05) is 13.0 Å². The molecule has 2 aromatic rings. The molecule has 2 aromatic carbocycles. The fourth-order valence-electron chi connectivity index (χ4n) is 2.16. The molecule has 0 unspecified atom stereocenters.